The van der Waals surface area contributed by atoms with Crippen molar-refractivity contribution in [3.05, 3.63) is 65.5 Å². The molecule has 4 rings (SSSR count). The second kappa shape index (κ2) is 7.09. The van der Waals surface area contributed by atoms with E-state index in [1.165, 1.54) is 22.9 Å². The van der Waals surface area contributed by atoms with Crippen LogP contribution in [0.5, 0.6) is 0 Å². The lowest BCUT2D eigenvalue weighted by molar-refractivity contribution is 0.391. The number of nitrogens with zero attached hydrogens (tertiary/aromatic N) is 6. The molecular weight excluding hydrogens is 348 g/mol. The van der Waals surface area contributed by atoms with Crippen LogP contribution >= 0.6 is 11.8 Å². The van der Waals surface area contributed by atoms with Crippen molar-refractivity contribution in [3.63, 3.8) is 0 Å². The summed E-state index contributed by atoms with van der Waals surface area (Å²) in [6, 6.07) is 16.0. The average molecular weight is 364 g/mol. The molecule has 0 N–H and O–H groups in total. The SMILES string of the molecule is Cc1ccc(-c2noc(CSc3nnnn3-c3ccc(C)cc3)n2)cc1. The Hall–Kier alpha value is -3.00. The Morgan fingerprint density at radius 1 is 0.962 bits per heavy atom. The third-order valence-corrected chi connectivity index (χ3v) is 4.73. The summed E-state index contributed by atoms with van der Waals surface area (Å²) < 4.78 is 7.04. The molecule has 0 fully saturated rings. The van der Waals surface area contributed by atoms with Gasteiger partial charge in [-0.15, -0.1) is 5.10 Å². The monoisotopic (exact) mass is 364 g/mol. The van der Waals surface area contributed by atoms with Crippen molar-refractivity contribution in [3.8, 4) is 17.1 Å². The number of benzene rings is 2. The first-order valence-electron chi connectivity index (χ1n) is 8.07. The molecule has 0 aliphatic heterocycles. The molecule has 0 amide bonds. The van der Waals surface area contributed by atoms with E-state index < -0.39 is 0 Å². The number of hydrogen-bond acceptors (Lipinski definition) is 7. The first-order valence-corrected chi connectivity index (χ1v) is 9.05. The highest BCUT2D eigenvalue weighted by atomic mass is 32.2. The highest BCUT2D eigenvalue weighted by Gasteiger charge is 2.13. The van der Waals surface area contributed by atoms with Gasteiger partial charge in [-0.2, -0.15) is 9.67 Å². The van der Waals surface area contributed by atoms with Gasteiger partial charge in [0.15, 0.2) is 0 Å². The van der Waals surface area contributed by atoms with Crippen LogP contribution in [-0.2, 0) is 5.75 Å². The Bertz CT molecular complexity index is 1010. The highest BCUT2D eigenvalue weighted by Crippen LogP contribution is 2.23. The van der Waals surface area contributed by atoms with Crippen molar-refractivity contribution < 1.29 is 4.52 Å². The van der Waals surface area contributed by atoms with Gasteiger partial charge in [-0.05, 0) is 36.4 Å². The van der Waals surface area contributed by atoms with Crippen LogP contribution in [0.3, 0.4) is 0 Å². The third-order valence-electron chi connectivity index (χ3n) is 3.82. The molecule has 2 aromatic heterocycles. The zero-order valence-electron chi connectivity index (χ0n) is 14.3. The molecule has 7 nitrogen and oxygen atoms in total. The fourth-order valence-electron chi connectivity index (χ4n) is 2.38. The number of aromatic nitrogens is 6. The highest BCUT2D eigenvalue weighted by molar-refractivity contribution is 7.98. The lowest BCUT2D eigenvalue weighted by atomic mass is 10.1. The molecule has 0 atom stereocenters. The van der Waals surface area contributed by atoms with Gasteiger partial charge in [-0.3, -0.25) is 0 Å². The van der Waals surface area contributed by atoms with Gasteiger partial charge in [0.2, 0.25) is 16.9 Å². The molecule has 0 saturated carbocycles. The van der Waals surface area contributed by atoms with E-state index in [0.717, 1.165) is 11.3 Å². The first-order chi connectivity index (χ1) is 12.7. The normalized spacial score (nSPS) is 11.0. The van der Waals surface area contributed by atoms with E-state index in [1.807, 2.05) is 62.4 Å². The molecular formula is C18H16N6OS. The molecule has 0 saturated heterocycles. The predicted molar refractivity (Wildman–Crippen MR) is 97.9 cm³/mol. The van der Waals surface area contributed by atoms with E-state index in [1.54, 1.807) is 4.68 Å². The van der Waals surface area contributed by atoms with Crippen molar-refractivity contribution in [2.24, 2.45) is 0 Å². The van der Waals surface area contributed by atoms with Crippen LogP contribution in [0.25, 0.3) is 17.1 Å². The zero-order valence-corrected chi connectivity index (χ0v) is 15.1. The van der Waals surface area contributed by atoms with Crippen LogP contribution in [0.1, 0.15) is 17.0 Å². The fraction of sp³-hybridized carbons (Fsp3) is 0.167. The Balaban J connectivity index is 1.48. The van der Waals surface area contributed by atoms with E-state index in [9.17, 15) is 0 Å². The maximum Gasteiger partial charge on any atom is 0.237 e. The second-order valence-corrected chi connectivity index (χ2v) is 6.82. The van der Waals surface area contributed by atoms with E-state index >= 15 is 0 Å². The number of rotatable bonds is 5. The third kappa shape index (κ3) is 3.50. The first kappa shape index (κ1) is 16.5. The van der Waals surface area contributed by atoms with Crippen LogP contribution in [0.15, 0.2) is 58.2 Å². The molecule has 0 unspecified atom stereocenters. The van der Waals surface area contributed by atoms with Crippen molar-refractivity contribution in [2.75, 3.05) is 0 Å². The number of hydrogen-bond donors (Lipinski definition) is 0. The van der Waals surface area contributed by atoms with Gasteiger partial charge in [0.05, 0.1) is 11.4 Å². The molecule has 0 radical (unpaired) electrons. The van der Waals surface area contributed by atoms with Gasteiger partial charge in [0.1, 0.15) is 0 Å². The summed E-state index contributed by atoms with van der Waals surface area (Å²) in [5.41, 5.74) is 4.22. The predicted octanol–water partition coefficient (Wildman–Crippen LogP) is 3.62. The molecule has 26 heavy (non-hydrogen) atoms. The Morgan fingerprint density at radius 2 is 1.65 bits per heavy atom. The number of aryl methyl sites for hydroxylation is 2. The zero-order chi connectivity index (χ0) is 17.9. The molecule has 4 aromatic rings. The molecule has 2 aromatic carbocycles. The van der Waals surface area contributed by atoms with E-state index in [4.69, 9.17) is 4.52 Å². The Labute approximate surface area is 154 Å². The van der Waals surface area contributed by atoms with Gasteiger partial charge >= 0.3 is 0 Å². The molecule has 2 heterocycles. The Morgan fingerprint density at radius 3 is 2.38 bits per heavy atom. The average Bonchev–Trinajstić information content (AvgIpc) is 3.30. The van der Waals surface area contributed by atoms with E-state index in [-0.39, 0.29) is 0 Å². The van der Waals surface area contributed by atoms with Crippen LogP contribution < -0.4 is 0 Å². The summed E-state index contributed by atoms with van der Waals surface area (Å²) >= 11 is 1.45. The maximum atomic E-state index is 5.35. The topological polar surface area (TPSA) is 82.5 Å². The van der Waals surface area contributed by atoms with Crippen molar-refractivity contribution in [2.45, 2.75) is 24.8 Å². The summed E-state index contributed by atoms with van der Waals surface area (Å²) in [7, 11) is 0. The van der Waals surface area contributed by atoms with Gasteiger partial charge < -0.3 is 4.52 Å². The maximum absolute atomic E-state index is 5.35. The van der Waals surface area contributed by atoms with Gasteiger partial charge in [-0.25, -0.2) is 0 Å². The summed E-state index contributed by atoms with van der Waals surface area (Å²) in [5, 5.41) is 16.6. The number of thioether (sulfide) groups is 1. The van der Waals surface area contributed by atoms with Crippen molar-refractivity contribution in [1.82, 2.24) is 30.3 Å². The standard InChI is InChI=1S/C18H16N6OS/c1-12-3-7-14(8-4-12)17-19-16(25-21-17)11-26-18-20-22-23-24(18)15-9-5-13(2)6-10-15/h3-10H,11H2,1-2H3. The van der Waals surface area contributed by atoms with Gasteiger partial charge in [-0.1, -0.05) is 64.4 Å². The van der Waals surface area contributed by atoms with Gasteiger partial charge in [0, 0.05) is 5.56 Å². The van der Waals surface area contributed by atoms with Crippen LogP contribution in [0, 0.1) is 13.8 Å². The second-order valence-electron chi connectivity index (χ2n) is 5.88. The lowest BCUT2D eigenvalue weighted by Gasteiger charge is -2.03. The summed E-state index contributed by atoms with van der Waals surface area (Å²) in [4.78, 5) is 4.45. The number of tetrazole rings is 1. The molecule has 0 aliphatic carbocycles. The van der Waals surface area contributed by atoms with Crippen LogP contribution in [-0.4, -0.2) is 30.3 Å². The lowest BCUT2D eigenvalue weighted by Crippen LogP contribution is -1.99. The van der Waals surface area contributed by atoms with E-state index in [0.29, 0.717) is 22.6 Å². The molecule has 0 spiro atoms. The van der Waals surface area contributed by atoms with Crippen molar-refractivity contribution in [1.29, 1.82) is 0 Å². The molecule has 0 aliphatic rings. The molecule has 8 heteroatoms. The quantitative estimate of drug-likeness (QED) is 0.500. The summed E-state index contributed by atoms with van der Waals surface area (Å²) in [5.74, 6) is 1.60. The minimum absolute atomic E-state index is 0.491. The van der Waals surface area contributed by atoms with Crippen LogP contribution in [0.2, 0.25) is 0 Å². The largest absolute Gasteiger partial charge is 0.338 e. The van der Waals surface area contributed by atoms with E-state index in [2.05, 4.69) is 25.7 Å². The summed E-state index contributed by atoms with van der Waals surface area (Å²) in [6.07, 6.45) is 0. The smallest absolute Gasteiger partial charge is 0.237 e. The molecule has 0 bridgehead atoms. The summed E-state index contributed by atoms with van der Waals surface area (Å²) in [6.45, 7) is 4.08. The minimum Gasteiger partial charge on any atom is -0.338 e. The van der Waals surface area contributed by atoms with Gasteiger partial charge in [0.25, 0.3) is 0 Å². The van der Waals surface area contributed by atoms with Crippen molar-refractivity contribution >= 4 is 11.8 Å². The minimum atomic E-state index is 0.491. The molecule has 130 valence electrons. The fourth-order valence-corrected chi connectivity index (χ4v) is 3.10. The Kier molecular flexibility index (Phi) is 4.49. The van der Waals surface area contributed by atoms with Crippen LogP contribution in [0.4, 0.5) is 0 Å².